The molecule has 0 aromatic carbocycles. The highest BCUT2D eigenvalue weighted by molar-refractivity contribution is 7.92. The fourth-order valence-corrected chi connectivity index (χ4v) is 1.79. The van der Waals surface area contributed by atoms with Gasteiger partial charge in [-0.05, 0) is 20.3 Å². The summed E-state index contributed by atoms with van der Waals surface area (Å²) in [7, 11) is -3.15. The highest BCUT2D eigenvalue weighted by Gasteiger charge is 2.30. The lowest BCUT2D eigenvalue weighted by Gasteiger charge is -2.24. The predicted octanol–water partition coefficient (Wildman–Crippen LogP) is 0.560. The van der Waals surface area contributed by atoms with Crippen LogP contribution in [0, 0.1) is 0 Å². The Morgan fingerprint density at radius 1 is 1.32 bits per heavy atom. The van der Waals surface area contributed by atoms with Gasteiger partial charge in [-0.2, -0.15) is 0 Å². The minimum atomic E-state index is -3.15. The first-order valence-corrected chi connectivity index (χ1v) is 7.86. The van der Waals surface area contributed by atoms with Gasteiger partial charge in [-0.1, -0.05) is 6.92 Å². The second-order valence-corrected chi connectivity index (χ2v) is 7.58. The average Bonchev–Trinajstić information content (AvgIpc) is 2.34. The molecule has 0 bridgehead atoms. The maximum absolute atomic E-state index is 11.6. The van der Waals surface area contributed by atoms with E-state index in [2.05, 4.69) is 20.7 Å². The largest absolute Gasteiger partial charge is 0.368 e. The molecular weight excluding hydrogens is 266 g/mol. The highest BCUT2D eigenvalue weighted by atomic mass is 32.2. The van der Waals surface area contributed by atoms with Crippen LogP contribution in [0.4, 0.5) is 11.6 Å². The zero-order chi connectivity index (χ0) is 14.7. The van der Waals surface area contributed by atoms with Crippen molar-refractivity contribution in [3.8, 4) is 0 Å². The Labute approximate surface area is 113 Å². The zero-order valence-corrected chi connectivity index (χ0v) is 12.5. The molecule has 4 N–H and O–H groups in total. The number of nitrogens with zero attached hydrogens (tertiary/aromatic N) is 2. The van der Waals surface area contributed by atoms with Crippen molar-refractivity contribution in [3.63, 3.8) is 0 Å². The number of hydrazine groups is 1. The second kappa shape index (κ2) is 5.70. The van der Waals surface area contributed by atoms with Crippen LogP contribution in [0.1, 0.15) is 26.3 Å². The first-order valence-electron chi connectivity index (χ1n) is 5.97. The monoisotopic (exact) mass is 287 g/mol. The Morgan fingerprint density at radius 3 is 2.37 bits per heavy atom. The molecule has 1 aromatic rings. The van der Waals surface area contributed by atoms with E-state index in [1.807, 2.05) is 6.92 Å². The topological polar surface area (TPSA) is 110 Å². The molecule has 0 aliphatic rings. The van der Waals surface area contributed by atoms with Crippen LogP contribution in [0.5, 0.6) is 0 Å². The average molecular weight is 287 g/mol. The number of hydrogen-bond donors (Lipinski definition) is 3. The van der Waals surface area contributed by atoms with Crippen LogP contribution < -0.4 is 16.6 Å². The van der Waals surface area contributed by atoms with Crippen molar-refractivity contribution < 1.29 is 8.42 Å². The lowest BCUT2D eigenvalue weighted by Crippen LogP contribution is -2.38. The van der Waals surface area contributed by atoms with Crippen LogP contribution in [-0.4, -0.2) is 35.9 Å². The molecule has 0 spiro atoms. The summed E-state index contributed by atoms with van der Waals surface area (Å²) in [6, 6.07) is 0. The van der Waals surface area contributed by atoms with E-state index in [0.717, 1.165) is 5.56 Å². The van der Waals surface area contributed by atoms with Gasteiger partial charge in [0, 0.05) is 18.4 Å². The molecule has 0 saturated carbocycles. The first-order chi connectivity index (χ1) is 8.73. The quantitative estimate of drug-likeness (QED) is 0.518. The van der Waals surface area contributed by atoms with Crippen molar-refractivity contribution in [1.29, 1.82) is 0 Å². The molecule has 19 heavy (non-hydrogen) atoms. The van der Waals surface area contributed by atoms with E-state index in [0.29, 0.717) is 18.1 Å². The number of nitrogens with two attached hydrogens (primary N) is 1. The molecule has 0 aliphatic carbocycles. The van der Waals surface area contributed by atoms with E-state index in [4.69, 9.17) is 5.84 Å². The number of nitrogens with one attached hydrogen (secondary N) is 2. The molecule has 0 radical (unpaired) electrons. The van der Waals surface area contributed by atoms with E-state index >= 15 is 0 Å². The van der Waals surface area contributed by atoms with Gasteiger partial charge in [0.05, 0.1) is 4.75 Å². The zero-order valence-electron chi connectivity index (χ0n) is 11.7. The molecule has 1 rings (SSSR count). The van der Waals surface area contributed by atoms with Gasteiger partial charge in [0.25, 0.3) is 0 Å². The number of hydrogen-bond acceptors (Lipinski definition) is 7. The number of nitrogen functional groups attached to an aromatic ring is 1. The van der Waals surface area contributed by atoms with E-state index < -0.39 is 14.6 Å². The molecule has 0 fully saturated rings. The summed E-state index contributed by atoms with van der Waals surface area (Å²) in [5, 5.41) is 3.06. The summed E-state index contributed by atoms with van der Waals surface area (Å²) in [4.78, 5) is 8.15. The first kappa shape index (κ1) is 15.6. The van der Waals surface area contributed by atoms with Crippen LogP contribution in [0.2, 0.25) is 0 Å². The predicted molar refractivity (Wildman–Crippen MR) is 76.6 cm³/mol. The summed E-state index contributed by atoms with van der Waals surface area (Å²) in [5.41, 5.74) is 3.33. The SMILES string of the molecule is CCc1c(NN)ncnc1NCC(C)(C)S(C)(=O)=O. The molecule has 7 nitrogen and oxygen atoms in total. The van der Waals surface area contributed by atoms with E-state index in [-0.39, 0.29) is 6.54 Å². The molecule has 1 heterocycles. The van der Waals surface area contributed by atoms with Gasteiger partial charge in [0.15, 0.2) is 9.84 Å². The van der Waals surface area contributed by atoms with Crippen LogP contribution >= 0.6 is 0 Å². The Kier molecular flexibility index (Phi) is 4.70. The van der Waals surface area contributed by atoms with Crippen LogP contribution in [0.25, 0.3) is 0 Å². The Hall–Kier alpha value is -1.41. The third-order valence-electron chi connectivity index (χ3n) is 3.12. The summed E-state index contributed by atoms with van der Waals surface area (Å²) in [6.45, 7) is 5.56. The number of sulfone groups is 1. The minimum absolute atomic E-state index is 0.264. The molecule has 0 unspecified atom stereocenters. The maximum Gasteiger partial charge on any atom is 0.154 e. The number of aromatic nitrogens is 2. The summed E-state index contributed by atoms with van der Waals surface area (Å²) >= 11 is 0. The van der Waals surface area contributed by atoms with Crippen LogP contribution in [0.3, 0.4) is 0 Å². The molecule has 0 amide bonds. The summed E-state index contributed by atoms with van der Waals surface area (Å²) < 4.78 is 22.4. The van der Waals surface area contributed by atoms with Gasteiger partial charge < -0.3 is 10.7 Å². The maximum atomic E-state index is 11.6. The van der Waals surface area contributed by atoms with Crippen molar-refractivity contribution in [1.82, 2.24) is 9.97 Å². The third-order valence-corrected chi connectivity index (χ3v) is 5.27. The van der Waals surface area contributed by atoms with Crippen molar-refractivity contribution in [3.05, 3.63) is 11.9 Å². The van der Waals surface area contributed by atoms with Gasteiger partial charge in [-0.3, -0.25) is 0 Å². The summed E-state index contributed by atoms with van der Waals surface area (Å²) in [6.07, 6.45) is 3.29. The van der Waals surface area contributed by atoms with Gasteiger partial charge in [-0.25, -0.2) is 24.2 Å². The minimum Gasteiger partial charge on any atom is -0.368 e. The van der Waals surface area contributed by atoms with Crippen LogP contribution in [0.15, 0.2) is 6.33 Å². The lowest BCUT2D eigenvalue weighted by atomic mass is 10.2. The third kappa shape index (κ3) is 3.54. The van der Waals surface area contributed by atoms with Gasteiger partial charge >= 0.3 is 0 Å². The van der Waals surface area contributed by atoms with E-state index in [1.54, 1.807) is 13.8 Å². The van der Waals surface area contributed by atoms with Crippen molar-refractivity contribution >= 4 is 21.5 Å². The van der Waals surface area contributed by atoms with Crippen molar-refractivity contribution in [2.24, 2.45) is 5.84 Å². The molecule has 0 atom stereocenters. The number of rotatable bonds is 6. The van der Waals surface area contributed by atoms with Crippen LogP contribution in [-0.2, 0) is 16.3 Å². The molecular formula is C11H21N5O2S. The van der Waals surface area contributed by atoms with Gasteiger partial charge in [0.1, 0.15) is 18.0 Å². The van der Waals surface area contributed by atoms with Gasteiger partial charge in [0.2, 0.25) is 0 Å². The molecule has 8 heteroatoms. The Bertz CT molecular complexity index is 542. The Morgan fingerprint density at radius 2 is 1.89 bits per heavy atom. The van der Waals surface area contributed by atoms with E-state index in [1.165, 1.54) is 12.6 Å². The normalized spacial score (nSPS) is 12.3. The van der Waals surface area contributed by atoms with Gasteiger partial charge in [-0.15, -0.1) is 0 Å². The number of anilines is 2. The molecule has 0 saturated heterocycles. The lowest BCUT2D eigenvalue weighted by molar-refractivity contribution is 0.559. The highest BCUT2D eigenvalue weighted by Crippen LogP contribution is 2.22. The molecule has 0 aliphatic heterocycles. The fourth-order valence-electron chi connectivity index (χ4n) is 1.45. The molecule has 108 valence electrons. The van der Waals surface area contributed by atoms with Crippen molar-refractivity contribution in [2.45, 2.75) is 31.9 Å². The smallest absolute Gasteiger partial charge is 0.154 e. The fraction of sp³-hybridized carbons (Fsp3) is 0.636. The standard InChI is InChI=1S/C11H21N5O2S/c1-5-8-9(14-7-15-10(8)16-12)13-6-11(2,3)19(4,17)18/h7H,5-6,12H2,1-4H3,(H2,13,14,15,16). The molecule has 1 aromatic heterocycles. The second-order valence-electron chi connectivity index (χ2n) is 4.93. The summed E-state index contributed by atoms with van der Waals surface area (Å²) in [5.74, 6) is 6.52. The Balaban J connectivity index is 2.96. The van der Waals surface area contributed by atoms with Crippen molar-refractivity contribution in [2.75, 3.05) is 23.5 Å². The van der Waals surface area contributed by atoms with E-state index in [9.17, 15) is 8.42 Å².